The lowest BCUT2D eigenvalue weighted by molar-refractivity contribution is -0.126. The highest BCUT2D eigenvalue weighted by Gasteiger charge is 2.56. The molecule has 132 valence electrons. The van der Waals surface area contributed by atoms with Gasteiger partial charge in [0, 0.05) is 17.0 Å². The molecule has 5 rings (SSSR count). The highest BCUT2D eigenvalue weighted by molar-refractivity contribution is 6.33. The van der Waals surface area contributed by atoms with Crippen molar-refractivity contribution in [3.8, 4) is 0 Å². The molecular formula is C20H12N2O5. The number of hydrogen-bond donors (Lipinski definition) is 0. The van der Waals surface area contributed by atoms with E-state index in [4.69, 9.17) is 9.25 Å². The predicted octanol–water partition coefficient (Wildman–Crippen LogP) is 2.09. The molecule has 2 aliphatic heterocycles. The summed E-state index contributed by atoms with van der Waals surface area (Å²) in [6, 6.07) is 16.9. The highest BCUT2D eigenvalue weighted by Crippen LogP contribution is 2.36. The molecule has 0 bridgehead atoms. The van der Waals surface area contributed by atoms with Crippen LogP contribution >= 0.6 is 0 Å². The molecule has 3 aromatic rings. The number of rotatable bonds is 2. The molecule has 0 radical (unpaired) electrons. The normalized spacial score (nSPS) is 21.3. The predicted molar refractivity (Wildman–Crippen MR) is 96.3 cm³/mol. The maximum Gasteiger partial charge on any atom is 0.336 e. The first-order valence-corrected chi connectivity index (χ1v) is 8.35. The Morgan fingerprint density at radius 1 is 0.889 bits per heavy atom. The summed E-state index contributed by atoms with van der Waals surface area (Å²) in [5.74, 6) is -1.80. The van der Waals surface area contributed by atoms with Gasteiger partial charge >= 0.3 is 5.63 Å². The zero-order valence-electron chi connectivity index (χ0n) is 13.9. The zero-order chi connectivity index (χ0) is 18.5. The van der Waals surface area contributed by atoms with Crippen LogP contribution in [0.2, 0.25) is 0 Å². The Labute approximate surface area is 152 Å². The molecule has 1 saturated heterocycles. The minimum atomic E-state index is -1.03. The average Bonchev–Trinajstić information content (AvgIpc) is 3.22. The van der Waals surface area contributed by atoms with E-state index >= 15 is 0 Å². The number of benzene rings is 2. The number of para-hydroxylation sites is 2. The fourth-order valence-corrected chi connectivity index (χ4v) is 3.56. The standard InChI is InChI=1S/C20H12N2O5/c23-15-10-13(12-8-4-5-9-14(12)26-15)17-16-18(27-21-17)20(25)22(19(16)24)11-6-2-1-3-7-11/h1-10,16,18H. The number of anilines is 1. The lowest BCUT2D eigenvalue weighted by Crippen LogP contribution is -2.33. The van der Waals surface area contributed by atoms with Crippen LogP contribution in [0.5, 0.6) is 0 Å². The van der Waals surface area contributed by atoms with E-state index in [2.05, 4.69) is 5.16 Å². The van der Waals surface area contributed by atoms with Gasteiger partial charge in [0.05, 0.1) is 5.69 Å². The first kappa shape index (κ1) is 15.5. The van der Waals surface area contributed by atoms with Crippen molar-refractivity contribution in [2.45, 2.75) is 6.10 Å². The van der Waals surface area contributed by atoms with Gasteiger partial charge in [-0.2, -0.15) is 0 Å². The third-order valence-corrected chi connectivity index (χ3v) is 4.75. The molecule has 0 spiro atoms. The molecule has 2 atom stereocenters. The minimum absolute atomic E-state index is 0.265. The molecule has 0 aliphatic carbocycles. The van der Waals surface area contributed by atoms with Crippen molar-refractivity contribution in [1.29, 1.82) is 0 Å². The van der Waals surface area contributed by atoms with Crippen LogP contribution in [0.4, 0.5) is 5.69 Å². The van der Waals surface area contributed by atoms with Gasteiger partial charge in [-0.1, -0.05) is 41.6 Å². The number of oxime groups is 1. The summed E-state index contributed by atoms with van der Waals surface area (Å²) in [6.07, 6.45) is -1.03. The third-order valence-electron chi connectivity index (χ3n) is 4.75. The summed E-state index contributed by atoms with van der Waals surface area (Å²) in [7, 11) is 0. The fourth-order valence-electron chi connectivity index (χ4n) is 3.56. The second-order valence-corrected chi connectivity index (χ2v) is 6.30. The number of hydrogen-bond acceptors (Lipinski definition) is 6. The van der Waals surface area contributed by atoms with Crippen LogP contribution in [0.25, 0.3) is 11.0 Å². The van der Waals surface area contributed by atoms with Gasteiger partial charge in [0.15, 0.2) is 0 Å². The maximum absolute atomic E-state index is 13.0. The van der Waals surface area contributed by atoms with Crippen LogP contribution in [0.3, 0.4) is 0 Å². The summed E-state index contributed by atoms with van der Waals surface area (Å²) in [4.78, 5) is 44.2. The summed E-state index contributed by atoms with van der Waals surface area (Å²) >= 11 is 0. The van der Waals surface area contributed by atoms with Crippen LogP contribution in [-0.2, 0) is 14.4 Å². The maximum atomic E-state index is 13.0. The number of fused-ring (bicyclic) bond motifs is 2. The highest BCUT2D eigenvalue weighted by atomic mass is 16.6. The van der Waals surface area contributed by atoms with Crippen molar-refractivity contribution in [3.05, 3.63) is 76.6 Å². The largest absolute Gasteiger partial charge is 0.423 e. The summed E-state index contributed by atoms with van der Waals surface area (Å²) in [5, 5.41) is 4.60. The monoisotopic (exact) mass is 360 g/mol. The Morgan fingerprint density at radius 2 is 1.63 bits per heavy atom. The number of carbonyl (C=O) groups excluding carboxylic acids is 2. The van der Waals surface area contributed by atoms with Crippen LogP contribution in [0.15, 0.2) is 75.0 Å². The Morgan fingerprint density at radius 3 is 2.44 bits per heavy atom. The average molecular weight is 360 g/mol. The number of amides is 2. The van der Waals surface area contributed by atoms with Gasteiger partial charge in [-0.05, 0) is 18.2 Å². The third kappa shape index (κ3) is 2.21. The van der Waals surface area contributed by atoms with Crippen molar-refractivity contribution in [3.63, 3.8) is 0 Å². The van der Waals surface area contributed by atoms with Crippen LogP contribution in [-0.4, -0.2) is 23.6 Å². The summed E-state index contributed by atoms with van der Waals surface area (Å²) < 4.78 is 5.20. The minimum Gasteiger partial charge on any atom is -0.423 e. The topological polar surface area (TPSA) is 89.2 Å². The van der Waals surface area contributed by atoms with Crippen molar-refractivity contribution >= 4 is 34.2 Å². The first-order chi connectivity index (χ1) is 13.1. The Bertz CT molecular complexity index is 1180. The number of carbonyl (C=O) groups is 2. The molecule has 0 saturated carbocycles. The van der Waals surface area contributed by atoms with Crippen molar-refractivity contribution < 1.29 is 18.8 Å². The van der Waals surface area contributed by atoms with Gasteiger partial charge in [-0.25, -0.2) is 9.69 Å². The van der Waals surface area contributed by atoms with E-state index in [-0.39, 0.29) is 5.71 Å². The Hall–Kier alpha value is -3.74. The van der Waals surface area contributed by atoms with E-state index in [0.717, 1.165) is 4.90 Å². The fraction of sp³-hybridized carbons (Fsp3) is 0.100. The summed E-state index contributed by atoms with van der Waals surface area (Å²) in [5.41, 5.74) is 0.989. The van der Waals surface area contributed by atoms with Crippen molar-refractivity contribution in [2.75, 3.05) is 4.90 Å². The molecule has 2 aromatic carbocycles. The molecule has 7 heteroatoms. The Kier molecular flexibility index (Phi) is 3.24. The van der Waals surface area contributed by atoms with Crippen LogP contribution in [0, 0.1) is 5.92 Å². The Balaban J connectivity index is 1.63. The first-order valence-electron chi connectivity index (χ1n) is 8.35. The molecule has 1 aromatic heterocycles. The van der Waals surface area contributed by atoms with E-state index in [0.29, 0.717) is 22.2 Å². The van der Waals surface area contributed by atoms with E-state index in [1.54, 1.807) is 54.6 Å². The second kappa shape index (κ2) is 5.63. The molecule has 2 aliphatic rings. The van der Waals surface area contributed by atoms with Crippen LogP contribution in [0.1, 0.15) is 5.56 Å². The van der Waals surface area contributed by atoms with E-state index in [1.165, 1.54) is 6.07 Å². The quantitative estimate of drug-likeness (QED) is 0.516. The molecule has 2 unspecified atom stereocenters. The van der Waals surface area contributed by atoms with Gasteiger partial charge < -0.3 is 9.25 Å². The van der Waals surface area contributed by atoms with Gasteiger partial charge in [0.1, 0.15) is 17.2 Å². The molecule has 0 N–H and O–H groups in total. The smallest absolute Gasteiger partial charge is 0.336 e. The molecule has 1 fully saturated rings. The van der Waals surface area contributed by atoms with Crippen molar-refractivity contribution in [1.82, 2.24) is 0 Å². The lowest BCUT2D eigenvalue weighted by atomic mass is 9.92. The SMILES string of the molecule is O=C1C2ON=C(c3cc(=O)oc4ccccc34)C2C(=O)N1c1ccccc1. The number of imide groups is 1. The van der Waals surface area contributed by atoms with E-state index < -0.39 is 29.5 Å². The second-order valence-electron chi connectivity index (χ2n) is 6.30. The molecule has 7 nitrogen and oxygen atoms in total. The lowest BCUT2D eigenvalue weighted by Gasteiger charge is -2.15. The van der Waals surface area contributed by atoms with Gasteiger partial charge in [-0.3, -0.25) is 9.59 Å². The molecule has 27 heavy (non-hydrogen) atoms. The van der Waals surface area contributed by atoms with Crippen molar-refractivity contribution in [2.24, 2.45) is 11.1 Å². The zero-order valence-corrected chi connectivity index (χ0v) is 13.9. The van der Waals surface area contributed by atoms with Gasteiger partial charge in [-0.15, -0.1) is 0 Å². The molecule has 2 amide bonds. The van der Waals surface area contributed by atoms with Gasteiger partial charge in [0.25, 0.3) is 5.91 Å². The summed E-state index contributed by atoms with van der Waals surface area (Å²) in [6.45, 7) is 0. The number of nitrogens with zero attached hydrogens (tertiary/aromatic N) is 2. The van der Waals surface area contributed by atoms with Gasteiger partial charge in [0.2, 0.25) is 12.0 Å². The molecule has 3 heterocycles. The van der Waals surface area contributed by atoms with Crippen LogP contribution < -0.4 is 10.5 Å². The van der Waals surface area contributed by atoms with E-state index in [9.17, 15) is 14.4 Å². The molecular weight excluding hydrogens is 348 g/mol. The van der Waals surface area contributed by atoms with E-state index in [1.807, 2.05) is 0 Å².